The predicted molar refractivity (Wildman–Crippen MR) is 41.9 cm³/mol. The van der Waals surface area contributed by atoms with E-state index in [-0.39, 0.29) is 11.2 Å². The molecule has 1 aliphatic carbocycles. The highest BCUT2D eigenvalue weighted by atomic mass is 16.4. The van der Waals surface area contributed by atoms with Crippen molar-refractivity contribution < 1.29 is 10.0 Å². The van der Waals surface area contributed by atoms with Crippen molar-refractivity contribution in [2.24, 2.45) is 10.6 Å². The standard InChI is InChI=1S/C8H13NO2/c1-8(2)4-6(9-11)3-7(10)5-8/h11H,3-5H2,1-2H3. The van der Waals surface area contributed by atoms with Crippen LogP contribution in [0.1, 0.15) is 33.1 Å². The third kappa shape index (κ3) is 2.03. The minimum atomic E-state index is -0.0170. The van der Waals surface area contributed by atoms with Crippen molar-refractivity contribution in [1.82, 2.24) is 0 Å². The maximum atomic E-state index is 11.1. The molecule has 1 N–H and O–H groups in total. The van der Waals surface area contributed by atoms with Gasteiger partial charge in [0.05, 0.1) is 5.71 Å². The highest BCUT2D eigenvalue weighted by Crippen LogP contribution is 2.31. The van der Waals surface area contributed by atoms with Crippen LogP contribution in [0.5, 0.6) is 0 Å². The maximum Gasteiger partial charge on any atom is 0.139 e. The fourth-order valence-electron chi connectivity index (χ4n) is 1.57. The number of nitrogens with zero attached hydrogens (tertiary/aromatic N) is 1. The van der Waals surface area contributed by atoms with Gasteiger partial charge in [0.15, 0.2) is 0 Å². The van der Waals surface area contributed by atoms with Gasteiger partial charge < -0.3 is 5.21 Å². The van der Waals surface area contributed by atoms with Crippen LogP contribution in [0.2, 0.25) is 0 Å². The summed E-state index contributed by atoms with van der Waals surface area (Å²) in [7, 11) is 0. The lowest BCUT2D eigenvalue weighted by Gasteiger charge is -2.28. The molecule has 0 aromatic heterocycles. The lowest BCUT2D eigenvalue weighted by Crippen LogP contribution is -2.28. The summed E-state index contributed by atoms with van der Waals surface area (Å²) in [6, 6.07) is 0. The van der Waals surface area contributed by atoms with Gasteiger partial charge in [-0.2, -0.15) is 0 Å². The van der Waals surface area contributed by atoms with Gasteiger partial charge in [-0.1, -0.05) is 19.0 Å². The van der Waals surface area contributed by atoms with E-state index >= 15 is 0 Å². The summed E-state index contributed by atoms with van der Waals surface area (Å²) in [5.41, 5.74) is 0.600. The second-order valence-electron chi connectivity index (χ2n) is 3.90. The predicted octanol–water partition coefficient (Wildman–Crippen LogP) is 1.60. The quantitative estimate of drug-likeness (QED) is 0.426. The van der Waals surface area contributed by atoms with Crippen molar-refractivity contribution in [1.29, 1.82) is 0 Å². The van der Waals surface area contributed by atoms with Crippen molar-refractivity contribution in [3.63, 3.8) is 0 Å². The van der Waals surface area contributed by atoms with Crippen molar-refractivity contribution in [2.45, 2.75) is 33.1 Å². The Bertz CT molecular complexity index is 206. The average Bonchev–Trinajstić information content (AvgIpc) is 1.83. The van der Waals surface area contributed by atoms with Gasteiger partial charge in [0.25, 0.3) is 0 Å². The Morgan fingerprint density at radius 3 is 2.55 bits per heavy atom. The first-order valence-electron chi connectivity index (χ1n) is 3.75. The van der Waals surface area contributed by atoms with E-state index in [1.165, 1.54) is 0 Å². The van der Waals surface area contributed by atoms with Crippen LogP contribution in [-0.4, -0.2) is 16.7 Å². The second-order valence-corrected chi connectivity index (χ2v) is 3.90. The molecule has 3 heteroatoms. The van der Waals surface area contributed by atoms with Gasteiger partial charge in [0.2, 0.25) is 0 Å². The topological polar surface area (TPSA) is 49.7 Å². The fraction of sp³-hybridized carbons (Fsp3) is 0.750. The van der Waals surface area contributed by atoms with Crippen molar-refractivity contribution in [3.8, 4) is 0 Å². The summed E-state index contributed by atoms with van der Waals surface area (Å²) in [6.45, 7) is 4.02. The molecular weight excluding hydrogens is 142 g/mol. The molecule has 0 unspecified atom stereocenters. The molecule has 0 bridgehead atoms. The first kappa shape index (κ1) is 8.24. The molecule has 1 rings (SSSR count). The molecule has 0 spiro atoms. The smallest absolute Gasteiger partial charge is 0.139 e. The molecule has 62 valence electrons. The van der Waals surface area contributed by atoms with Crippen molar-refractivity contribution in [2.75, 3.05) is 0 Å². The van der Waals surface area contributed by atoms with Gasteiger partial charge in [-0.25, -0.2) is 0 Å². The Morgan fingerprint density at radius 2 is 2.09 bits per heavy atom. The van der Waals surface area contributed by atoms with Gasteiger partial charge in [0, 0.05) is 12.8 Å². The van der Waals surface area contributed by atoms with E-state index in [0.29, 0.717) is 18.6 Å². The van der Waals surface area contributed by atoms with Crippen LogP contribution in [0.3, 0.4) is 0 Å². The molecule has 1 aliphatic rings. The van der Waals surface area contributed by atoms with Crippen LogP contribution in [0, 0.1) is 5.41 Å². The molecule has 1 saturated carbocycles. The number of hydrogen-bond donors (Lipinski definition) is 1. The minimum absolute atomic E-state index is 0.0170. The zero-order valence-electron chi connectivity index (χ0n) is 6.92. The Hall–Kier alpha value is -0.860. The van der Waals surface area contributed by atoms with Gasteiger partial charge in [-0.15, -0.1) is 0 Å². The highest BCUT2D eigenvalue weighted by Gasteiger charge is 2.30. The molecule has 11 heavy (non-hydrogen) atoms. The van der Waals surface area contributed by atoms with Crippen molar-refractivity contribution in [3.05, 3.63) is 0 Å². The highest BCUT2D eigenvalue weighted by molar-refractivity contribution is 6.04. The normalized spacial score (nSPS) is 27.5. The van der Waals surface area contributed by atoms with E-state index in [0.717, 1.165) is 6.42 Å². The minimum Gasteiger partial charge on any atom is -0.411 e. The van der Waals surface area contributed by atoms with Crippen LogP contribution in [-0.2, 0) is 4.79 Å². The van der Waals surface area contributed by atoms with E-state index in [4.69, 9.17) is 5.21 Å². The van der Waals surface area contributed by atoms with Crippen molar-refractivity contribution >= 4 is 11.5 Å². The molecule has 0 aromatic carbocycles. The van der Waals surface area contributed by atoms with E-state index in [1.807, 2.05) is 13.8 Å². The lowest BCUT2D eigenvalue weighted by molar-refractivity contribution is -0.120. The summed E-state index contributed by atoms with van der Waals surface area (Å²) in [6.07, 6.45) is 1.67. The molecule has 0 radical (unpaired) electrons. The Morgan fingerprint density at radius 1 is 1.45 bits per heavy atom. The van der Waals surface area contributed by atoms with E-state index in [2.05, 4.69) is 5.16 Å². The Balaban J connectivity index is 2.74. The molecule has 0 saturated heterocycles. The molecular formula is C8H13NO2. The molecule has 1 fully saturated rings. The molecule has 0 amide bonds. The van der Waals surface area contributed by atoms with Crippen LogP contribution >= 0.6 is 0 Å². The maximum absolute atomic E-state index is 11.1. The molecule has 0 atom stereocenters. The number of ketones is 1. The number of Topliss-reactive ketones (excluding diaryl/α,β-unsaturated/α-hetero) is 1. The van der Waals surface area contributed by atoms with E-state index in [9.17, 15) is 4.79 Å². The number of oxime groups is 1. The second kappa shape index (κ2) is 2.64. The third-order valence-corrected chi connectivity index (χ3v) is 1.90. The molecule has 0 aliphatic heterocycles. The van der Waals surface area contributed by atoms with E-state index in [1.54, 1.807) is 0 Å². The van der Waals surface area contributed by atoms with Gasteiger partial charge in [-0.3, -0.25) is 4.79 Å². The van der Waals surface area contributed by atoms with Crippen LogP contribution in [0.25, 0.3) is 0 Å². The Labute approximate surface area is 66.1 Å². The monoisotopic (exact) mass is 155 g/mol. The largest absolute Gasteiger partial charge is 0.411 e. The summed E-state index contributed by atoms with van der Waals surface area (Å²) < 4.78 is 0. The summed E-state index contributed by atoms with van der Waals surface area (Å²) in [4.78, 5) is 11.1. The zero-order valence-corrected chi connectivity index (χ0v) is 6.92. The van der Waals surface area contributed by atoms with Crippen LogP contribution in [0.15, 0.2) is 5.16 Å². The third-order valence-electron chi connectivity index (χ3n) is 1.90. The molecule has 0 heterocycles. The number of carbonyl (C=O) groups is 1. The first-order valence-corrected chi connectivity index (χ1v) is 3.75. The molecule has 3 nitrogen and oxygen atoms in total. The number of carbonyl (C=O) groups excluding carboxylic acids is 1. The van der Waals surface area contributed by atoms with E-state index < -0.39 is 0 Å². The Kier molecular flexibility index (Phi) is 1.98. The number of hydrogen-bond acceptors (Lipinski definition) is 3. The van der Waals surface area contributed by atoms with Gasteiger partial charge in [0.1, 0.15) is 5.78 Å². The summed E-state index contributed by atoms with van der Waals surface area (Å²) >= 11 is 0. The summed E-state index contributed by atoms with van der Waals surface area (Å²) in [5.74, 6) is 0.175. The lowest BCUT2D eigenvalue weighted by atomic mass is 9.76. The zero-order chi connectivity index (χ0) is 8.48. The molecule has 0 aromatic rings. The number of rotatable bonds is 0. The van der Waals surface area contributed by atoms with Crippen LogP contribution < -0.4 is 0 Å². The summed E-state index contributed by atoms with van der Waals surface area (Å²) in [5, 5.41) is 11.6. The average molecular weight is 155 g/mol. The SMILES string of the molecule is CC1(C)CC(=O)CC(=NO)C1. The first-order chi connectivity index (χ1) is 5.03. The van der Waals surface area contributed by atoms with Crippen LogP contribution in [0.4, 0.5) is 0 Å². The van der Waals surface area contributed by atoms with Gasteiger partial charge >= 0.3 is 0 Å². The van der Waals surface area contributed by atoms with Gasteiger partial charge in [-0.05, 0) is 11.8 Å². The fourth-order valence-corrected chi connectivity index (χ4v) is 1.57.